The lowest BCUT2D eigenvalue weighted by molar-refractivity contribution is -0.122. The van der Waals surface area contributed by atoms with Gasteiger partial charge >= 0.3 is 6.02 Å². The Morgan fingerprint density at radius 2 is 1.41 bits per heavy atom. The molecule has 0 saturated carbocycles. The number of amidine groups is 1. The summed E-state index contributed by atoms with van der Waals surface area (Å²) in [5.41, 5.74) is 7.37. The van der Waals surface area contributed by atoms with Gasteiger partial charge in [-0.3, -0.25) is 19.8 Å². The van der Waals surface area contributed by atoms with Crippen molar-refractivity contribution in [2.75, 3.05) is 9.91 Å². The summed E-state index contributed by atoms with van der Waals surface area (Å²) in [5.74, 6) is 0.597. The molecule has 3 N–H and O–H groups in total. The number of amides is 2. The number of hydrogen-bond acceptors (Lipinski definition) is 9. The van der Waals surface area contributed by atoms with Crippen molar-refractivity contribution in [3.8, 4) is 17.2 Å². The first-order chi connectivity index (χ1) is 20.0. The number of carbonyl (C=O) groups excluding carboxylic acids is 2. The van der Waals surface area contributed by atoms with Gasteiger partial charge in [0.05, 0.1) is 11.4 Å². The predicted molar refractivity (Wildman–Crippen MR) is 159 cm³/mol. The highest BCUT2D eigenvalue weighted by atomic mass is 32.1. The molecule has 0 atom stereocenters. The number of ether oxygens (including phenoxy) is 2. The van der Waals surface area contributed by atoms with Gasteiger partial charge in [0, 0.05) is 0 Å². The van der Waals surface area contributed by atoms with Crippen LogP contribution in [-0.2, 0) is 9.59 Å². The third-order valence-corrected chi connectivity index (χ3v) is 6.36. The molecule has 2 aliphatic rings. The second kappa shape index (κ2) is 11.3. The van der Waals surface area contributed by atoms with E-state index in [0.717, 1.165) is 5.69 Å². The molecule has 0 spiro atoms. The van der Waals surface area contributed by atoms with Crippen LogP contribution in [0.4, 0.5) is 11.4 Å². The summed E-state index contributed by atoms with van der Waals surface area (Å²) in [6, 6.07) is 32.9. The zero-order chi connectivity index (χ0) is 28.2. The average molecular weight is 563 g/mol. The topological polar surface area (TPSA) is 108 Å². The molecule has 0 aromatic heterocycles. The van der Waals surface area contributed by atoms with Gasteiger partial charge in [0.25, 0.3) is 11.8 Å². The number of anilines is 2. The van der Waals surface area contributed by atoms with Crippen molar-refractivity contribution < 1.29 is 19.1 Å². The largest absolute Gasteiger partial charge is 0.457 e. The number of hydrazone groups is 1. The summed E-state index contributed by atoms with van der Waals surface area (Å²) >= 11 is 5.34. The Hall–Kier alpha value is -5.52. The molecule has 1 fully saturated rings. The standard InChI is InChI=1S/C30H22N6O4S/c37-27-26(19-20-8-7-13-25(18-20)40-29-32-33-34-36(29)22-9-3-1-4-10-22)28(38)35(30(41)31-27)21-14-16-24(17-15-21)39-23-11-5-2-6-12-23/h1-19,33-34H,(H,31,37,41)/b26-19-. The highest BCUT2D eigenvalue weighted by molar-refractivity contribution is 7.80. The number of rotatable bonds is 6. The molecule has 0 aliphatic carbocycles. The molecule has 11 heteroatoms. The minimum atomic E-state index is -0.588. The van der Waals surface area contributed by atoms with Crippen molar-refractivity contribution >= 4 is 52.6 Å². The predicted octanol–water partition coefficient (Wildman–Crippen LogP) is 4.49. The zero-order valence-electron chi connectivity index (χ0n) is 21.4. The normalized spacial score (nSPS) is 15.9. The summed E-state index contributed by atoms with van der Waals surface area (Å²) in [6.45, 7) is 0. The van der Waals surface area contributed by atoms with Crippen LogP contribution in [0.25, 0.3) is 6.08 Å². The monoisotopic (exact) mass is 562 g/mol. The van der Waals surface area contributed by atoms with E-state index in [0.29, 0.717) is 28.5 Å². The van der Waals surface area contributed by atoms with Gasteiger partial charge < -0.3 is 9.47 Å². The SMILES string of the molecule is O=C1NC(=S)N(c2ccc(Oc3ccccc3)cc2)C(=O)/C1=C\c1cccc(OC2=NNNN2c2ccccc2)c1. The average Bonchev–Trinajstić information content (AvgIpc) is 3.45. The fourth-order valence-corrected chi connectivity index (χ4v) is 4.44. The Labute approximate surface area is 240 Å². The Morgan fingerprint density at radius 3 is 2.17 bits per heavy atom. The van der Waals surface area contributed by atoms with Crippen LogP contribution < -0.4 is 35.8 Å². The molecule has 41 heavy (non-hydrogen) atoms. The summed E-state index contributed by atoms with van der Waals surface area (Å²) < 4.78 is 11.8. The number of nitrogens with zero attached hydrogens (tertiary/aromatic N) is 3. The third kappa shape index (κ3) is 5.62. The first-order valence-electron chi connectivity index (χ1n) is 12.5. The molecule has 202 valence electrons. The van der Waals surface area contributed by atoms with E-state index in [1.54, 1.807) is 53.5 Å². The van der Waals surface area contributed by atoms with Crippen LogP contribution in [0.5, 0.6) is 17.2 Å². The molecule has 2 amide bonds. The van der Waals surface area contributed by atoms with Gasteiger partial charge in [0.1, 0.15) is 22.8 Å². The van der Waals surface area contributed by atoms with Crippen LogP contribution >= 0.6 is 12.2 Å². The van der Waals surface area contributed by atoms with E-state index < -0.39 is 11.8 Å². The number of carbonyl (C=O) groups is 2. The van der Waals surface area contributed by atoms with Crippen LogP contribution in [0.2, 0.25) is 0 Å². The fourth-order valence-electron chi connectivity index (χ4n) is 4.16. The maximum absolute atomic E-state index is 13.5. The van der Waals surface area contributed by atoms with E-state index in [9.17, 15) is 9.59 Å². The Bertz CT molecular complexity index is 1680. The van der Waals surface area contributed by atoms with E-state index in [2.05, 4.69) is 21.5 Å². The molecule has 4 aromatic rings. The smallest absolute Gasteiger partial charge is 0.337 e. The molecule has 6 rings (SSSR count). The summed E-state index contributed by atoms with van der Waals surface area (Å²) in [7, 11) is 0. The van der Waals surface area contributed by atoms with E-state index in [1.807, 2.05) is 60.7 Å². The second-order valence-corrected chi connectivity index (χ2v) is 9.22. The van der Waals surface area contributed by atoms with Crippen molar-refractivity contribution in [3.05, 3.63) is 120 Å². The minimum Gasteiger partial charge on any atom is -0.457 e. The van der Waals surface area contributed by atoms with Gasteiger partial charge in [-0.25, -0.2) is 10.5 Å². The Kier molecular flexibility index (Phi) is 7.10. The molecular weight excluding hydrogens is 540 g/mol. The van der Waals surface area contributed by atoms with Crippen LogP contribution in [0.15, 0.2) is 120 Å². The van der Waals surface area contributed by atoms with Gasteiger partial charge in [0.2, 0.25) is 0 Å². The number of hydrazine groups is 2. The summed E-state index contributed by atoms with van der Waals surface area (Å²) in [4.78, 5) is 27.6. The second-order valence-electron chi connectivity index (χ2n) is 8.83. The molecule has 2 aliphatic heterocycles. The van der Waals surface area contributed by atoms with E-state index in [4.69, 9.17) is 21.7 Å². The fraction of sp³-hybridized carbons (Fsp3) is 0. The first-order valence-corrected chi connectivity index (χ1v) is 12.9. The molecule has 4 aromatic carbocycles. The number of hydrogen-bond donors (Lipinski definition) is 3. The van der Waals surface area contributed by atoms with E-state index in [1.165, 1.54) is 11.0 Å². The Balaban J connectivity index is 1.21. The minimum absolute atomic E-state index is 0.00814. The number of thiocarbonyl (C=S) groups is 1. The molecule has 10 nitrogen and oxygen atoms in total. The lowest BCUT2D eigenvalue weighted by atomic mass is 10.1. The molecular formula is C30H22N6O4S. The van der Waals surface area contributed by atoms with Gasteiger partial charge in [-0.1, -0.05) is 48.5 Å². The first kappa shape index (κ1) is 25.7. The van der Waals surface area contributed by atoms with Crippen molar-refractivity contribution in [2.24, 2.45) is 5.10 Å². The zero-order valence-corrected chi connectivity index (χ0v) is 22.2. The molecule has 0 unspecified atom stereocenters. The van der Waals surface area contributed by atoms with Crippen molar-refractivity contribution in [3.63, 3.8) is 0 Å². The van der Waals surface area contributed by atoms with Crippen molar-refractivity contribution in [1.29, 1.82) is 0 Å². The van der Waals surface area contributed by atoms with Gasteiger partial charge in [-0.15, -0.1) is 10.6 Å². The van der Waals surface area contributed by atoms with Gasteiger partial charge in [-0.05, 0) is 84.5 Å². The number of nitrogens with one attached hydrogen (secondary N) is 3. The van der Waals surface area contributed by atoms with Crippen LogP contribution in [0.1, 0.15) is 5.56 Å². The lowest BCUT2D eigenvalue weighted by Gasteiger charge is -2.29. The molecule has 1 saturated heterocycles. The van der Waals surface area contributed by atoms with Gasteiger partial charge in [0.15, 0.2) is 5.11 Å². The lowest BCUT2D eigenvalue weighted by Crippen LogP contribution is -2.54. The molecule has 2 heterocycles. The maximum atomic E-state index is 13.5. The van der Waals surface area contributed by atoms with E-state index in [-0.39, 0.29) is 16.7 Å². The number of benzene rings is 4. The third-order valence-electron chi connectivity index (χ3n) is 6.07. The van der Waals surface area contributed by atoms with Crippen molar-refractivity contribution in [2.45, 2.75) is 0 Å². The molecule has 0 radical (unpaired) electrons. The molecule has 0 bridgehead atoms. The summed E-state index contributed by atoms with van der Waals surface area (Å²) in [5, 5.41) is 8.37. The Morgan fingerprint density at radius 1 is 0.732 bits per heavy atom. The van der Waals surface area contributed by atoms with E-state index >= 15 is 0 Å². The van der Waals surface area contributed by atoms with Crippen LogP contribution in [-0.4, -0.2) is 22.9 Å². The van der Waals surface area contributed by atoms with Gasteiger partial charge in [-0.2, -0.15) is 0 Å². The highest BCUT2D eigenvalue weighted by Gasteiger charge is 2.34. The van der Waals surface area contributed by atoms with Crippen LogP contribution in [0, 0.1) is 0 Å². The summed E-state index contributed by atoms with van der Waals surface area (Å²) in [6.07, 6.45) is 1.49. The van der Waals surface area contributed by atoms with Crippen LogP contribution in [0.3, 0.4) is 0 Å². The highest BCUT2D eigenvalue weighted by Crippen LogP contribution is 2.27. The maximum Gasteiger partial charge on any atom is 0.337 e. The quantitative estimate of drug-likeness (QED) is 0.179. The number of para-hydroxylation sites is 2. The van der Waals surface area contributed by atoms with Crippen molar-refractivity contribution in [1.82, 2.24) is 16.4 Å².